The van der Waals surface area contributed by atoms with Crippen molar-refractivity contribution in [2.75, 3.05) is 11.1 Å². The molecule has 5 nitrogen and oxygen atoms in total. The molecule has 6 heteroatoms. The summed E-state index contributed by atoms with van der Waals surface area (Å²) in [4.78, 5) is 16.3. The molecule has 0 saturated carbocycles. The fourth-order valence-electron chi connectivity index (χ4n) is 1.66. The van der Waals surface area contributed by atoms with Gasteiger partial charge >= 0.3 is 0 Å². The van der Waals surface area contributed by atoms with E-state index in [-0.39, 0.29) is 5.91 Å². The fourth-order valence-corrected chi connectivity index (χ4v) is 2.06. The Hall–Kier alpha value is -1.82. The predicted octanol–water partition coefficient (Wildman–Crippen LogP) is 2.33. The number of aryl methyl sites for hydroxylation is 2. The van der Waals surface area contributed by atoms with Crippen molar-refractivity contribution < 1.29 is 4.79 Å². The van der Waals surface area contributed by atoms with Crippen LogP contribution in [-0.2, 0) is 7.05 Å². The number of rotatable bonds is 2. The van der Waals surface area contributed by atoms with Crippen molar-refractivity contribution in [2.45, 2.75) is 6.92 Å². The van der Waals surface area contributed by atoms with Gasteiger partial charge in [0.2, 0.25) is 0 Å². The van der Waals surface area contributed by atoms with Crippen LogP contribution >= 0.6 is 15.9 Å². The lowest BCUT2D eigenvalue weighted by atomic mass is 10.3. The molecule has 0 spiro atoms. The SMILES string of the molecule is Cc1nc(Br)ccc1NC(=O)c1cc(N)cn1C. The molecule has 0 saturated heterocycles. The average Bonchev–Trinajstić information content (AvgIpc) is 2.62. The number of aromatic nitrogens is 2. The molecule has 94 valence electrons. The van der Waals surface area contributed by atoms with Gasteiger partial charge in [-0.05, 0) is 41.1 Å². The zero-order valence-corrected chi connectivity index (χ0v) is 11.7. The number of amides is 1. The minimum Gasteiger partial charge on any atom is -0.397 e. The molecular formula is C12H13BrN4O. The van der Waals surface area contributed by atoms with Crippen LogP contribution in [-0.4, -0.2) is 15.5 Å². The van der Waals surface area contributed by atoms with Gasteiger partial charge in [0, 0.05) is 13.2 Å². The summed E-state index contributed by atoms with van der Waals surface area (Å²) in [5, 5.41) is 2.81. The molecule has 2 heterocycles. The van der Waals surface area contributed by atoms with Crippen molar-refractivity contribution in [1.29, 1.82) is 0 Å². The molecule has 0 unspecified atom stereocenters. The third kappa shape index (κ3) is 2.53. The number of nitrogens with two attached hydrogens (primary N) is 1. The van der Waals surface area contributed by atoms with Crippen molar-refractivity contribution in [3.63, 3.8) is 0 Å². The Morgan fingerprint density at radius 3 is 2.78 bits per heavy atom. The molecule has 3 N–H and O–H groups in total. The summed E-state index contributed by atoms with van der Waals surface area (Å²) >= 11 is 3.28. The Labute approximate surface area is 113 Å². The van der Waals surface area contributed by atoms with E-state index in [0.29, 0.717) is 17.1 Å². The molecule has 1 amide bonds. The third-order valence-electron chi connectivity index (χ3n) is 2.56. The Morgan fingerprint density at radius 2 is 2.22 bits per heavy atom. The highest BCUT2D eigenvalue weighted by Crippen LogP contribution is 2.18. The van der Waals surface area contributed by atoms with Crippen molar-refractivity contribution in [2.24, 2.45) is 7.05 Å². The summed E-state index contributed by atoms with van der Waals surface area (Å²) in [6, 6.07) is 5.22. The number of carbonyl (C=O) groups is 1. The second kappa shape index (κ2) is 4.81. The number of halogens is 1. The molecule has 0 bridgehead atoms. The van der Waals surface area contributed by atoms with Crippen molar-refractivity contribution in [1.82, 2.24) is 9.55 Å². The Kier molecular flexibility index (Phi) is 3.38. The molecule has 0 aliphatic rings. The van der Waals surface area contributed by atoms with E-state index in [1.807, 2.05) is 6.92 Å². The van der Waals surface area contributed by atoms with Gasteiger partial charge < -0.3 is 15.6 Å². The highest BCUT2D eigenvalue weighted by molar-refractivity contribution is 9.10. The number of hydrogen-bond donors (Lipinski definition) is 2. The van der Waals surface area contributed by atoms with Gasteiger partial charge in [-0.25, -0.2) is 4.98 Å². The van der Waals surface area contributed by atoms with Crippen LogP contribution in [0.4, 0.5) is 11.4 Å². The number of hydrogen-bond acceptors (Lipinski definition) is 3. The lowest BCUT2D eigenvalue weighted by Gasteiger charge is -2.08. The van der Waals surface area contributed by atoms with Gasteiger partial charge in [0.1, 0.15) is 10.3 Å². The third-order valence-corrected chi connectivity index (χ3v) is 3.00. The summed E-state index contributed by atoms with van der Waals surface area (Å²) < 4.78 is 2.42. The molecule has 0 fully saturated rings. The first-order valence-electron chi connectivity index (χ1n) is 5.33. The Morgan fingerprint density at radius 1 is 1.50 bits per heavy atom. The van der Waals surface area contributed by atoms with E-state index in [1.54, 1.807) is 36.0 Å². The molecule has 0 aliphatic heterocycles. The Bertz CT molecular complexity index is 606. The molecule has 18 heavy (non-hydrogen) atoms. The number of pyridine rings is 1. The molecule has 0 aromatic carbocycles. The smallest absolute Gasteiger partial charge is 0.272 e. The highest BCUT2D eigenvalue weighted by atomic mass is 79.9. The first-order valence-corrected chi connectivity index (χ1v) is 6.13. The van der Waals surface area contributed by atoms with Crippen LogP contribution in [0.5, 0.6) is 0 Å². The van der Waals surface area contributed by atoms with Crippen LogP contribution in [0.2, 0.25) is 0 Å². The highest BCUT2D eigenvalue weighted by Gasteiger charge is 2.12. The van der Waals surface area contributed by atoms with Gasteiger partial charge in [-0.1, -0.05) is 0 Å². The quantitative estimate of drug-likeness (QED) is 0.836. The Balaban J connectivity index is 2.24. The second-order valence-electron chi connectivity index (χ2n) is 3.99. The van der Waals surface area contributed by atoms with Crippen LogP contribution < -0.4 is 11.1 Å². The molecule has 2 rings (SSSR count). The van der Waals surface area contributed by atoms with Gasteiger partial charge in [0.15, 0.2) is 0 Å². The molecular weight excluding hydrogens is 296 g/mol. The molecule has 0 radical (unpaired) electrons. The lowest BCUT2D eigenvalue weighted by molar-refractivity contribution is 0.101. The fraction of sp³-hybridized carbons (Fsp3) is 0.167. The van der Waals surface area contributed by atoms with Gasteiger partial charge in [-0.3, -0.25) is 4.79 Å². The van der Waals surface area contributed by atoms with Crippen molar-refractivity contribution in [3.8, 4) is 0 Å². The van der Waals surface area contributed by atoms with Crippen molar-refractivity contribution >= 4 is 33.2 Å². The first kappa shape index (κ1) is 12.6. The monoisotopic (exact) mass is 308 g/mol. The standard InChI is InChI=1S/C12H13BrN4O/c1-7-9(3-4-11(13)15-7)16-12(18)10-5-8(14)6-17(10)2/h3-6H,14H2,1-2H3,(H,16,18). The first-order chi connectivity index (χ1) is 8.47. The number of carbonyl (C=O) groups excluding carboxylic acids is 1. The summed E-state index contributed by atoms with van der Waals surface area (Å²) in [7, 11) is 1.78. The zero-order chi connectivity index (χ0) is 13.3. The molecule has 0 atom stereocenters. The number of anilines is 2. The topological polar surface area (TPSA) is 72.9 Å². The summed E-state index contributed by atoms with van der Waals surface area (Å²) in [5.41, 5.74) is 8.15. The van der Waals surface area contributed by atoms with E-state index in [9.17, 15) is 4.79 Å². The molecule has 2 aromatic rings. The largest absolute Gasteiger partial charge is 0.397 e. The van der Waals surface area contributed by atoms with E-state index in [1.165, 1.54) is 0 Å². The predicted molar refractivity (Wildman–Crippen MR) is 74.5 cm³/mol. The normalized spacial score (nSPS) is 10.4. The van der Waals surface area contributed by atoms with Gasteiger partial charge in [0.25, 0.3) is 5.91 Å². The summed E-state index contributed by atoms with van der Waals surface area (Å²) in [6.07, 6.45) is 1.70. The van der Waals surface area contributed by atoms with Gasteiger partial charge in [-0.15, -0.1) is 0 Å². The average molecular weight is 309 g/mol. The van der Waals surface area contributed by atoms with Crippen LogP contribution in [0.3, 0.4) is 0 Å². The minimum atomic E-state index is -0.207. The maximum absolute atomic E-state index is 12.1. The second-order valence-corrected chi connectivity index (χ2v) is 4.80. The molecule has 0 aliphatic carbocycles. The zero-order valence-electron chi connectivity index (χ0n) is 10.1. The number of nitrogens with one attached hydrogen (secondary N) is 1. The van der Waals surface area contributed by atoms with Crippen LogP contribution in [0.15, 0.2) is 29.0 Å². The van der Waals surface area contributed by atoms with Crippen LogP contribution in [0, 0.1) is 6.92 Å². The van der Waals surface area contributed by atoms with Crippen LogP contribution in [0.25, 0.3) is 0 Å². The summed E-state index contributed by atoms with van der Waals surface area (Å²) in [6.45, 7) is 1.83. The van der Waals surface area contributed by atoms with Gasteiger partial charge in [0.05, 0.1) is 17.1 Å². The molecule has 2 aromatic heterocycles. The van der Waals surface area contributed by atoms with E-state index in [2.05, 4.69) is 26.2 Å². The van der Waals surface area contributed by atoms with E-state index < -0.39 is 0 Å². The van der Waals surface area contributed by atoms with E-state index in [4.69, 9.17) is 5.73 Å². The maximum atomic E-state index is 12.1. The summed E-state index contributed by atoms with van der Waals surface area (Å²) in [5.74, 6) is -0.207. The van der Waals surface area contributed by atoms with Crippen molar-refractivity contribution in [3.05, 3.63) is 40.4 Å². The van der Waals surface area contributed by atoms with Crippen LogP contribution in [0.1, 0.15) is 16.2 Å². The lowest BCUT2D eigenvalue weighted by Crippen LogP contribution is -2.16. The van der Waals surface area contributed by atoms with E-state index in [0.717, 1.165) is 10.3 Å². The minimum absolute atomic E-state index is 0.207. The number of nitrogens with zero attached hydrogens (tertiary/aromatic N) is 2. The van der Waals surface area contributed by atoms with E-state index >= 15 is 0 Å². The number of nitrogen functional groups attached to an aromatic ring is 1. The van der Waals surface area contributed by atoms with Gasteiger partial charge in [-0.2, -0.15) is 0 Å². The maximum Gasteiger partial charge on any atom is 0.272 e.